The van der Waals surface area contributed by atoms with Gasteiger partial charge in [0.15, 0.2) is 0 Å². The van der Waals surface area contributed by atoms with Gasteiger partial charge in [0.25, 0.3) is 11.8 Å². The molecule has 43 heavy (non-hydrogen) atoms. The summed E-state index contributed by atoms with van der Waals surface area (Å²) in [4.78, 5) is 42.2. The minimum Gasteiger partial charge on any atom is -0.354 e. The van der Waals surface area contributed by atoms with E-state index in [0.29, 0.717) is 38.9 Å². The SMILES string of the molecule is C[C@@H](NC(=O)c1cnn2ccc(-c3c[nH]c4ncc(C(=O)Nc5ccc(N6CCN(C)CC6)nc5)cc34)cc12)C(F)(F)F. The molecule has 14 heteroatoms. The van der Waals surface area contributed by atoms with Crippen LogP contribution in [-0.4, -0.2) is 86.7 Å². The lowest BCUT2D eigenvalue weighted by Gasteiger charge is -2.33. The number of rotatable bonds is 6. The van der Waals surface area contributed by atoms with E-state index < -0.39 is 18.1 Å². The average molecular weight is 592 g/mol. The quantitative estimate of drug-likeness (QED) is 0.273. The number of fused-ring (bicyclic) bond motifs is 2. The van der Waals surface area contributed by atoms with Gasteiger partial charge in [-0.15, -0.1) is 0 Å². The summed E-state index contributed by atoms with van der Waals surface area (Å²) in [6, 6.07) is 6.79. The third kappa shape index (κ3) is 5.73. The van der Waals surface area contributed by atoms with Crippen molar-refractivity contribution in [3.05, 3.63) is 72.4 Å². The highest BCUT2D eigenvalue weighted by molar-refractivity contribution is 6.07. The number of aromatic amines is 1. The highest BCUT2D eigenvalue weighted by Crippen LogP contribution is 2.30. The fourth-order valence-corrected chi connectivity index (χ4v) is 4.93. The summed E-state index contributed by atoms with van der Waals surface area (Å²) in [5, 5.41) is 9.58. The van der Waals surface area contributed by atoms with Crippen LogP contribution in [0.5, 0.6) is 0 Å². The van der Waals surface area contributed by atoms with Gasteiger partial charge >= 0.3 is 6.18 Å². The molecule has 0 aromatic carbocycles. The lowest BCUT2D eigenvalue weighted by atomic mass is 10.0. The Labute approximate surface area is 243 Å². The molecular weight excluding hydrogens is 563 g/mol. The van der Waals surface area contributed by atoms with E-state index in [4.69, 9.17) is 0 Å². The Kier molecular flexibility index (Phi) is 7.22. The smallest absolute Gasteiger partial charge is 0.354 e. The topological polar surface area (TPSA) is 124 Å². The number of halogens is 3. The predicted molar refractivity (Wildman–Crippen MR) is 155 cm³/mol. The normalized spacial score (nSPS) is 15.1. The number of aromatic nitrogens is 5. The van der Waals surface area contributed by atoms with E-state index in [9.17, 15) is 22.8 Å². The van der Waals surface area contributed by atoms with E-state index in [1.54, 1.807) is 36.8 Å². The fraction of sp³-hybridized carbons (Fsp3) is 0.276. The molecule has 1 saturated heterocycles. The number of carbonyl (C=O) groups is 2. The highest BCUT2D eigenvalue weighted by atomic mass is 19.4. The van der Waals surface area contributed by atoms with Crippen LogP contribution in [0.3, 0.4) is 0 Å². The van der Waals surface area contributed by atoms with Crippen molar-refractivity contribution in [2.75, 3.05) is 43.4 Å². The molecule has 1 aliphatic rings. The Hall–Kier alpha value is -4.98. The lowest BCUT2D eigenvalue weighted by Crippen LogP contribution is -2.44. The van der Waals surface area contributed by atoms with E-state index in [1.807, 2.05) is 17.4 Å². The number of H-pyrrole nitrogens is 1. The molecule has 11 nitrogen and oxygen atoms in total. The van der Waals surface area contributed by atoms with Gasteiger partial charge in [-0.05, 0) is 49.9 Å². The van der Waals surface area contributed by atoms with Gasteiger partial charge < -0.3 is 25.4 Å². The number of anilines is 2. The van der Waals surface area contributed by atoms with Crippen molar-refractivity contribution in [2.45, 2.75) is 19.1 Å². The summed E-state index contributed by atoms with van der Waals surface area (Å²) >= 11 is 0. The molecule has 3 N–H and O–H groups in total. The van der Waals surface area contributed by atoms with Crippen molar-refractivity contribution in [3.8, 4) is 11.1 Å². The largest absolute Gasteiger partial charge is 0.408 e. The minimum atomic E-state index is -4.57. The van der Waals surface area contributed by atoms with Gasteiger partial charge in [0.2, 0.25) is 0 Å². The molecule has 0 aliphatic carbocycles. The standard InChI is InChI=1S/C29H28F3N9O2/c1-17(29(30,31)32)37-28(43)23-16-36-41-6-5-18(12-24(23)41)22-15-35-26-21(22)11-19(13-34-26)27(42)38-20-3-4-25(33-14-20)40-9-7-39(2)8-10-40/h3-6,11-17H,7-10H2,1-2H3,(H,34,35)(H,37,43)(H,38,42)/t17-/m1/s1. The van der Waals surface area contributed by atoms with Crippen LogP contribution in [0.2, 0.25) is 0 Å². The van der Waals surface area contributed by atoms with Crippen LogP contribution < -0.4 is 15.5 Å². The average Bonchev–Trinajstić information content (AvgIpc) is 3.61. The molecule has 6 rings (SSSR count). The van der Waals surface area contributed by atoms with Gasteiger partial charge in [-0.1, -0.05) is 0 Å². The minimum absolute atomic E-state index is 0.00299. The van der Waals surface area contributed by atoms with Crippen molar-refractivity contribution in [3.63, 3.8) is 0 Å². The number of hydrogen-bond donors (Lipinski definition) is 3. The zero-order valence-electron chi connectivity index (χ0n) is 23.3. The molecule has 6 heterocycles. The summed E-state index contributed by atoms with van der Waals surface area (Å²) in [5.41, 5.74) is 3.08. The van der Waals surface area contributed by atoms with E-state index >= 15 is 0 Å². The molecule has 2 amide bonds. The third-order valence-electron chi connectivity index (χ3n) is 7.54. The number of nitrogens with one attached hydrogen (secondary N) is 3. The number of alkyl halides is 3. The van der Waals surface area contributed by atoms with Crippen LogP contribution >= 0.6 is 0 Å². The number of pyridine rings is 3. The number of nitrogens with zero attached hydrogens (tertiary/aromatic N) is 6. The second kappa shape index (κ2) is 11.0. The molecule has 1 aliphatic heterocycles. The predicted octanol–water partition coefficient (Wildman–Crippen LogP) is 3.96. The maximum absolute atomic E-state index is 13.1. The van der Waals surface area contributed by atoms with Crippen molar-refractivity contribution in [1.29, 1.82) is 0 Å². The first-order valence-corrected chi connectivity index (χ1v) is 13.6. The maximum Gasteiger partial charge on any atom is 0.408 e. The highest BCUT2D eigenvalue weighted by Gasteiger charge is 2.37. The van der Waals surface area contributed by atoms with Gasteiger partial charge in [0, 0.05) is 55.7 Å². The molecular formula is C29H28F3N9O2. The van der Waals surface area contributed by atoms with Gasteiger partial charge in [0.1, 0.15) is 17.5 Å². The van der Waals surface area contributed by atoms with Gasteiger partial charge in [-0.2, -0.15) is 18.3 Å². The lowest BCUT2D eigenvalue weighted by molar-refractivity contribution is -0.149. The molecule has 0 bridgehead atoms. The second-order valence-corrected chi connectivity index (χ2v) is 10.5. The van der Waals surface area contributed by atoms with Crippen LogP contribution in [0.15, 0.2) is 61.3 Å². The van der Waals surface area contributed by atoms with Gasteiger partial charge in [0.05, 0.1) is 34.7 Å². The Morgan fingerprint density at radius 2 is 1.79 bits per heavy atom. The first-order chi connectivity index (χ1) is 20.6. The molecule has 222 valence electrons. The summed E-state index contributed by atoms with van der Waals surface area (Å²) in [6.07, 6.45) is 3.07. The zero-order chi connectivity index (χ0) is 30.3. The van der Waals surface area contributed by atoms with Crippen LogP contribution in [0.25, 0.3) is 27.7 Å². The van der Waals surface area contributed by atoms with Crippen LogP contribution in [0.4, 0.5) is 24.7 Å². The first kappa shape index (κ1) is 28.2. The Balaban J connectivity index is 1.23. The number of piperazine rings is 1. The zero-order valence-corrected chi connectivity index (χ0v) is 23.3. The summed E-state index contributed by atoms with van der Waals surface area (Å²) in [5.74, 6) is -0.390. The number of likely N-dealkylation sites (N-methyl/N-ethyl adjacent to an activating group) is 1. The van der Waals surface area contributed by atoms with Crippen LogP contribution in [0, 0.1) is 0 Å². The first-order valence-electron chi connectivity index (χ1n) is 13.6. The molecule has 0 unspecified atom stereocenters. The number of amides is 2. The van der Waals surface area contributed by atoms with Crippen molar-refractivity contribution < 1.29 is 22.8 Å². The third-order valence-corrected chi connectivity index (χ3v) is 7.54. The van der Waals surface area contributed by atoms with Crippen LogP contribution in [0.1, 0.15) is 27.6 Å². The Morgan fingerprint density at radius 3 is 2.51 bits per heavy atom. The molecule has 1 atom stereocenters. The van der Waals surface area contributed by atoms with Gasteiger partial charge in [-0.3, -0.25) is 9.59 Å². The van der Waals surface area contributed by atoms with Crippen molar-refractivity contribution >= 4 is 39.9 Å². The van der Waals surface area contributed by atoms with Gasteiger partial charge in [-0.25, -0.2) is 14.5 Å². The molecule has 0 radical (unpaired) electrons. The van der Waals surface area contributed by atoms with Crippen LogP contribution in [-0.2, 0) is 0 Å². The van der Waals surface area contributed by atoms with E-state index in [0.717, 1.165) is 38.9 Å². The van der Waals surface area contributed by atoms with E-state index in [-0.39, 0.29) is 11.5 Å². The fourth-order valence-electron chi connectivity index (χ4n) is 4.93. The van der Waals surface area contributed by atoms with E-state index in [2.05, 4.69) is 42.2 Å². The summed E-state index contributed by atoms with van der Waals surface area (Å²) in [6.45, 7) is 4.58. The Morgan fingerprint density at radius 1 is 1.00 bits per heavy atom. The molecule has 0 saturated carbocycles. The van der Waals surface area contributed by atoms with Crippen molar-refractivity contribution in [1.82, 2.24) is 34.8 Å². The van der Waals surface area contributed by atoms with E-state index in [1.165, 1.54) is 16.9 Å². The molecule has 1 fully saturated rings. The molecule has 5 aromatic rings. The van der Waals surface area contributed by atoms with Crippen molar-refractivity contribution in [2.24, 2.45) is 0 Å². The second-order valence-electron chi connectivity index (χ2n) is 10.5. The maximum atomic E-state index is 13.1. The summed E-state index contributed by atoms with van der Waals surface area (Å²) in [7, 11) is 2.09. The molecule has 5 aromatic heterocycles. The number of carbonyl (C=O) groups excluding carboxylic acids is 2. The number of hydrogen-bond acceptors (Lipinski definition) is 7. The molecule has 0 spiro atoms. The monoisotopic (exact) mass is 591 g/mol. The Bertz CT molecular complexity index is 1810. The summed E-state index contributed by atoms with van der Waals surface area (Å²) < 4.78 is 40.4.